The highest BCUT2D eigenvalue weighted by molar-refractivity contribution is 6.35. The van der Waals surface area contributed by atoms with E-state index in [1.807, 2.05) is 20.8 Å². The Morgan fingerprint density at radius 2 is 1.90 bits per heavy atom. The molecule has 116 valence electrons. The molecule has 21 heavy (non-hydrogen) atoms. The van der Waals surface area contributed by atoms with Crippen molar-refractivity contribution in [3.05, 3.63) is 33.6 Å². The van der Waals surface area contributed by atoms with Crippen molar-refractivity contribution in [3.8, 4) is 0 Å². The molecule has 3 nitrogen and oxygen atoms in total. The van der Waals surface area contributed by atoms with E-state index in [1.165, 1.54) is 12.1 Å². The molecule has 0 spiro atoms. The first-order chi connectivity index (χ1) is 9.61. The summed E-state index contributed by atoms with van der Waals surface area (Å²) in [7, 11) is 0. The molecule has 2 rings (SSSR count). The van der Waals surface area contributed by atoms with Crippen molar-refractivity contribution < 1.29 is 14.3 Å². The van der Waals surface area contributed by atoms with E-state index < -0.39 is 17.7 Å². The van der Waals surface area contributed by atoms with Gasteiger partial charge in [-0.3, -0.25) is 9.69 Å². The number of rotatable bonds is 2. The Morgan fingerprint density at radius 1 is 1.29 bits per heavy atom. The highest BCUT2D eigenvalue weighted by Crippen LogP contribution is 2.40. The van der Waals surface area contributed by atoms with Crippen molar-refractivity contribution in [1.29, 1.82) is 0 Å². The van der Waals surface area contributed by atoms with Crippen LogP contribution in [0.2, 0.25) is 10.0 Å². The number of likely N-dealkylation sites (tertiary alicyclic amines) is 1. The molecule has 0 saturated carbocycles. The smallest absolute Gasteiger partial charge is 0.308 e. The fourth-order valence-corrected chi connectivity index (χ4v) is 3.26. The first-order valence-electron chi connectivity index (χ1n) is 6.73. The van der Waals surface area contributed by atoms with Gasteiger partial charge in [-0.15, -0.1) is 0 Å². The molecule has 1 N–H and O–H groups in total. The number of nitrogens with zero attached hydrogens (tertiary/aromatic N) is 1. The van der Waals surface area contributed by atoms with Gasteiger partial charge in [-0.2, -0.15) is 0 Å². The first-order valence-corrected chi connectivity index (χ1v) is 7.49. The lowest BCUT2D eigenvalue weighted by Gasteiger charge is -2.31. The summed E-state index contributed by atoms with van der Waals surface area (Å²) in [6.07, 6.45) is 0. The van der Waals surface area contributed by atoms with E-state index in [0.29, 0.717) is 23.7 Å². The van der Waals surface area contributed by atoms with Crippen molar-refractivity contribution in [2.45, 2.75) is 32.2 Å². The van der Waals surface area contributed by atoms with E-state index in [2.05, 4.69) is 4.90 Å². The largest absolute Gasteiger partial charge is 0.481 e. The highest BCUT2D eigenvalue weighted by atomic mass is 35.5. The lowest BCUT2D eigenvalue weighted by atomic mass is 9.89. The van der Waals surface area contributed by atoms with Gasteiger partial charge in [-0.1, -0.05) is 23.2 Å². The van der Waals surface area contributed by atoms with E-state index in [0.717, 1.165) is 0 Å². The number of carboxylic acid groups (broad SMARTS) is 1. The SMILES string of the molecule is CC(C)(C)N1C[C@H](C(=O)O)[C@@H](c2cc(F)c(Cl)cc2Cl)C1. The molecule has 1 aromatic carbocycles. The lowest BCUT2D eigenvalue weighted by molar-refractivity contribution is -0.141. The molecule has 0 bridgehead atoms. The van der Waals surface area contributed by atoms with Crippen molar-refractivity contribution in [1.82, 2.24) is 4.90 Å². The minimum atomic E-state index is -0.891. The van der Waals surface area contributed by atoms with Gasteiger partial charge in [-0.25, -0.2) is 4.39 Å². The van der Waals surface area contributed by atoms with Crippen LogP contribution in [0, 0.1) is 11.7 Å². The van der Waals surface area contributed by atoms with Gasteiger partial charge in [0.25, 0.3) is 0 Å². The summed E-state index contributed by atoms with van der Waals surface area (Å²) in [5.41, 5.74) is 0.359. The molecule has 1 fully saturated rings. The van der Waals surface area contributed by atoms with Gasteiger partial charge in [0.2, 0.25) is 0 Å². The van der Waals surface area contributed by atoms with Gasteiger partial charge in [0.05, 0.1) is 10.9 Å². The van der Waals surface area contributed by atoms with Gasteiger partial charge >= 0.3 is 5.97 Å². The zero-order valence-electron chi connectivity index (χ0n) is 12.2. The van der Waals surface area contributed by atoms with Crippen LogP contribution in [0.1, 0.15) is 32.3 Å². The molecule has 1 heterocycles. The quantitative estimate of drug-likeness (QED) is 0.830. The maximum Gasteiger partial charge on any atom is 0.308 e. The van der Waals surface area contributed by atoms with E-state index in [9.17, 15) is 14.3 Å². The van der Waals surface area contributed by atoms with Crippen LogP contribution >= 0.6 is 23.2 Å². The molecule has 2 atom stereocenters. The summed E-state index contributed by atoms with van der Waals surface area (Å²) in [6.45, 7) is 7.03. The van der Waals surface area contributed by atoms with Crippen LogP contribution in [0.15, 0.2) is 12.1 Å². The van der Waals surface area contributed by atoms with Crippen LogP contribution in [0.3, 0.4) is 0 Å². The standard InChI is InChI=1S/C15H18Cl2FNO2/c1-15(2,3)19-6-9(10(7-19)14(20)21)8-4-13(18)12(17)5-11(8)16/h4-5,9-10H,6-7H2,1-3H3,(H,20,21)/t9-,10+/m1/s1. The number of hydrogen-bond acceptors (Lipinski definition) is 2. The molecule has 0 radical (unpaired) electrons. The van der Waals surface area contributed by atoms with Crippen molar-refractivity contribution in [2.24, 2.45) is 5.92 Å². The zero-order chi connectivity index (χ0) is 15.9. The van der Waals surface area contributed by atoms with Crippen LogP contribution in [-0.4, -0.2) is 34.6 Å². The second-order valence-corrected chi connectivity index (χ2v) is 7.23. The second-order valence-electron chi connectivity index (χ2n) is 6.41. The van der Waals surface area contributed by atoms with E-state index in [-0.39, 0.29) is 16.5 Å². The maximum absolute atomic E-state index is 13.7. The topological polar surface area (TPSA) is 40.5 Å². The summed E-state index contributed by atoms with van der Waals surface area (Å²) in [4.78, 5) is 13.6. The van der Waals surface area contributed by atoms with Gasteiger partial charge in [-0.05, 0) is 38.5 Å². The molecule has 1 aliphatic heterocycles. The summed E-state index contributed by atoms with van der Waals surface area (Å²) < 4.78 is 13.7. The molecular weight excluding hydrogens is 316 g/mol. The first kappa shape index (κ1) is 16.5. The Balaban J connectivity index is 2.41. The van der Waals surface area contributed by atoms with Gasteiger partial charge in [0.1, 0.15) is 5.82 Å². The average Bonchev–Trinajstić information content (AvgIpc) is 2.78. The minimum Gasteiger partial charge on any atom is -0.481 e. The molecule has 6 heteroatoms. The molecule has 0 unspecified atom stereocenters. The second kappa shape index (κ2) is 5.75. The van der Waals surface area contributed by atoms with Crippen LogP contribution in [0.4, 0.5) is 4.39 Å². The number of benzene rings is 1. The molecule has 1 aliphatic rings. The zero-order valence-corrected chi connectivity index (χ0v) is 13.7. The van der Waals surface area contributed by atoms with Crippen molar-refractivity contribution in [3.63, 3.8) is 0 Å². The monoisotopic (exact) mass is 333 g/mol. The summed E-state index contributed by atoms with van der Waals surface area (Å²) in [5, 5.41) is 9.71. The summed E-state index contributed by atoms with van der Waals surface area (Å²) in [6, 6.07) is 2.60. The fourth-order valence-electron chi connectivity index (χ4n) is 2.74. The average molecular weight is 334 g/mol. The normalized spacial score (nSPS) is 23.5. The fraction of sp³-hybridized carbons (Fsp3) is 0.533. The van der Waals surface area contributed by atoms with Crippen LogP contribution in [0.5, 0.6) is 0 Å². The Morgan fingerprint density at radius 3 is 2.43 bits per heavy atom. The van der Waals surface area contributed by atoms with E-state index >= 15 is 0 Å². The number of carbonyl (C=O) groups is 1. The van der Waals surface area contributed by atoms with Gasteiger partial charge in [0.15, 0.2) is 0 Å². The molecule has 1 saturated heterocycles. The number of aliphatic carboxylic acids is 1. The van der Waals surface area contributed by atoms with Gasteiger partial charge in [0, 0.05) is 29.6 Å². The van der Waals surface area contributed by atoms with Gasteiger partial charge < -0.3 is 5.11 Å². The van der Waals surface area contributed by atoms with Crippen LogP contribution in [-0.2, 0) is 4.79 Å². The Labute approximate surface area is 133 Å². The van der Waals surface area contributed by atoms with Crippen molar-refractivity contribution in [2.75, 3.05) is 13.1 Å². The van der Waals surface area contributed by atoms with Crippen LogP contribution in [0.25, 0.3) is 0 Å². The molecule has 0 amide bonds. The molecule has 0 aliphatic carbocycles. The predicted molar refractivity (Wildman–Crippen MR) is 81.6 cm³/mol. The number of halogens is 3. The minimum absolute atomic E-state index is 0.0544. The third-order valence-corrected chi connectivity index (χ3v) is 4.64. The third kappa shape index (κ3) is 3.33. The molecule has 0 aromatic heterocycles. The summed E-state index contributed by atoms with van der Waals surface area (Å²) >= 11 is 11.9. The van der Waals surface area contributed by atoms with Crippen LogP contribution < -0.4 is 0 Å². The Kier molecular flexibility index (Phi) is 4.52. The van der Waals surface area contributed by atoms with Crippen molar-refractivity contribution >= 4 is 29.2 Å². The van der Waals surface area contributed by atoms with E-state index in [1.54, 1.807) is 0 Å². The number of hydrogen-bond donors (Lipinski definition) is 1. The lowest BCUT2D eigenvalue weighted by Crippen LogP contribution is -2.40. The predicted octanol–water partition coefficient (Wildman–Crippen LogP) is 4.03. The third-order valence-electron chi connectivity index (χ3n) is 4.02. The molecule has 1 aromatic rings. The Hall–Kier alpha value is -0.840. The maximum atomic E-state index is 13.7. The highest BCUT2D eigenvalue weighted by Gasteiger charge is 2.42. The van der Waals surface area contributed by atoms with E-state index in [4.69, 9.17) is 23.2 Å². The number of carboxylic acids is 1. The summed E-state index contributed by atoms with van der Waals surface area (Å²) in [5.74, 6) is -2.42. The Bertz CT molecular complexity index is 572. The molecular formula is C15H18Cl2FNO2.